The van der Waals surface area contributed by atoms with Gasteiger partial charge in [0.15, 0.2) is 0 Å². The fraction of sp³-hybridized carbons (Fsp3) is 0.700. The van der Waals surface area contributed by atoms with Crippen LogP contribution >= 0.6 is 0 Å². The summed E-state index contributed by atoms with van der Waals surface area (Å²) in [6, 6.07) is 10.7. The van der Waals surface area contributed by atoms with Crippen LogP contribution in [0.4, 0.5) is 0 Å². The van der Waals surface area contributed by atoms with E-state index in [0.29, 0.717) is 18.6 Å². The van der Waals surface area contributed by atoms with Crippen LogP contribution in [0.2, 0.25) is 0 Å². The summed E-state index contributed by atoms with van der Waals surface area (Å²) in [5.74, 6) is 0.652. The van der Waals surface area contributed by atoms with Crippen LogP contribution < -0.4 is 0 Å². The van der Waals surface area contributed by atoms with E-state index in [1.54, 1.807) is 0 Å². The summed E-state index contributed by atoms with van der Waals surface area (Å²) in [6.45, 7) is 8.72. The largest absolute Gasteiger partial charge is 0.389 e. The molecule has 2 fully saturated rings. The van der Waals surface area contributed by atoms with Gasteiger partial charge in [0.2, 0.25) is 0 Å². The number of ether oxygens (including phenoxy) is 1. The maximum absolute atomic E-state index is 10.3. The quantitative estimate of drug-likeness (QED) is 0.832. The van der Waals surface area contributed by atoms with E-state index in [4.69, 9.17) is 4.74 Å². The number of hydrogen-bond acceptors (Lipinski definition) is 4. The van der Waals surface area contributed by atoms with E-state index in [1.165, 1.54) is 18.4 Å². The highest BCUT2D eigenvalue weighted by Gasteiger charge is 2.25. The summed E-state index contributed by atoms with van der Waals surface area (Å²) in [7, 11) is 0. The molecule has 2 aliphatic rings. The van der Waals surface area contributed by atoms with Crippen LogP contribution in [0.5, 0.6) is 0 Å². The molecular formula is C20H32N2O2. The number of piperazine rings is 1. The molecule has 1 aliphatic carbocycles. The Kier molecular flexibility index (Phi) is 6.67. The summed E-state index contributed by atoms with van der Waals surface area (Å²) in [6.07, 6.45) is 3.70. The molecule has 1 saturated heterocycles. The summed E-state index contributed by atoms with van der Waals surface area (Å²) in [4.78, 5) is 4.86. The lowest BCUT2D eigenvalue weighted by atomic mass is 10.1. The molecule has 3 atom stereocenters. The molecule has 1 aromatic rings. The van der Waals surface area contributed by atoms with Gasteiger partial charge in [-0.3, -0.25) is 9.80 Å². The van der Waals surface area contributed by atoms with Gasteiger partial charge in [0.1, 0.15) is 0 Å². The zero-order valence-corrected chi connectivity index (χ0v) is 14.9. The molecule has 0 bridgehead atoms. The van der Waals surface area contributed by atoms with Gasteiger partial charge < -0.3 is 9.84 Å². The van der Waals surface area contributed by atoms with Crippen LogP contribution in [0.15, 0.2) is 30.3 Å². The van der Waals surface area contributed by atoms with E-state index in [0.717, 1.165) is 45.7 Å². The van der Waals surface area contributed by atoms with E-state index in [-0.39, 0.29) is 6.10 Å². The van der Waals surface area contributed by atoms with Crippen molar-refractivity contribution in [1.82, 2.24) is 9.80 Å². The molecular weight excluding hydrogens is 300 g/mol. The van der Waals surface area contributed by atoms with Crippen LogP contribution in [0.1, 0.15) is 31.7 Å². The summed E-state index contributed by atoms with van der Waals surface area (Å²) >= 11 is 0. The average molecular weight is 332 g/mol. The predicted molar refractivity (Wildman–Crippen MR) is 96.9 cm³/mol. The monoisotopic (exact) mass is 332 g/mol. The number of hydrogen-bond donors (Lipinski definition) is 1. The normalized spacial score (nSPS) is 27.4. The highest BCUT2D eigenvalue weighted by Crippen LogP contribution is 2.27. The smallest absolute Gasteiger partial charge is 0.0900 e. The Bertz CT molecular complexity index is 474. The first-order valence-electron chi connectivity index (χ1n) is 9.49. The Hall–Kier alpha value is -0.940. The minimum absolute atomic E-state index is 0.363. The zero-order valence-electron chi connectivity index (χ0n) is 14.9. The van der Waals surface area contributed by atoms with Crippen molar-refractivity contribution in [2.45, 2.75) is 44.9 Å². The molecule has 4 nitrogen and oxygen atoms in total. The van der Waals surface area contributed by atoms with Crippen molar-refractivity contribution >= 4 is 0 Å². The second-order valence-corrected chi connectivity index (χ2v) is 7.50. The number of aliphatic hydroxyl groups is 1. The summed E-state index contributed by atoms with van der Waals surface area (Å²) < 4.78 is 5.93. The standard InChI is InChI=1S/C20H32N2O2/c1-17-6-5-9-20(17)24-16-19(23)15-22-12-10-21(11-13-22)14-18-7-3-2-4-8-18/h2-4,7-8,17,19-20,23H,5-6,9-16H2,1H3/t17-,19-,20-/m1/s1. The summed E-state index contributed by atoms with van der Waals surface area (Å²) in [5, 5.41) is 10.3. The SMILES string of the molecule is C[C@@H]1CCC[C@H]1OC[C@H](O)CN1CCN(Cc2ccccc2)CC1. The highest BCUT2D eigenvalue weighted by atomic mass is 16.5. The Morgan fingerprint density at radius 3 is 2.46 bits per heavy atom. The van der Waals surface area contributed by atoms with Crippen molar-refractivity contribution in [3.63, 3.8) is 0 Å². The van der Waals surface area contributed by atoms with Crippen molar-refractivity contribution in [3.8, 4) is 0 Å². The van der Waals surface area contributed by atoms with Gasteiger partial charge in [-0.2, -0.15) is 0 Å². The minimum Gasteiger partial charge on any atom is -0.389 e. The third-order valence-electron chi connectivity index (χ3n) is 5.47. The molecule has 0 spiro atoms. The lowest BCUT2D eigenvalue weighted by Gasteiger charge is -2.35. The van der Waals surface area contributed by atoms with Gasteiger partial charge in [-0.05, 0) is 24.3 Å². The van der Waals surface area contributed by atoms with Gasteiger partial charge in [-0.25, -0.2) is 0 Å². The minimum atomic E-state index is -0.363. The molecule has 1 aliphatic heterocycles. The van der Waals surface area contributed by atoms with Crippen LogP contribution in [0.3, 0.4) is 0 Å². The lowest BCUT2D eigenvalue weighted by molar-refractivity contribution is -0.0358. The van der Waals surface area contributed by atoms with Crippen molar-refractivity contribution in [1.29, 1.82) is 0 Å². The Labute approximate surface area is 146 Å². The fourth-order valence-corrected chi connectivity index (χ4v) is 3.92. The second kappa shape index (κ2) is 8.95. The molecule has 0 unspecified atom stereocenters. The number of aliphatic hydroxyl groups excluding tert-OH is 1. The third-order valence-corrected chi connectivity index (χ3v) is 5.47. The van der Waals surface area contributed by atoms with Crippen LogP contribution in [0, 0.1) is 5.92 Å². The molecule has 1 saturated carbocycles. The second-order valence-electron chi connectivity index (χ2n) is 7.50. The van der Waals surface area contributed by atoms with Gasteiger partial charge >= 0.3 is 0 Å². The number of nitrogens with zero attached hydrogens (tertiary/aromatic N) is 2. The lowest BCUT2D eigenvalue weighted by Crippen LogP contribution is -2.48. The Morgan fingerprint density at radius 1 is 1.08 bits per heavy atom. The molecule has 0 amide bonds. The van der Waals surface area contributed by atoms with Gasteiger partial charge in [0, 0.05) is 39.3 Å². The van der Waals surface area contributed by atoms with Gasteiger partial charge in [0.25, 0.3) is 0 Å². The molecule has 1 aromatic carbocycles. The molecule has 134 valence electrons. The van der Waals surface area contributed by atoms with Gasteiger partial charge in [0.05, 0.1) is 18.8 Å². The average Bonchev–Trinajstić information content (AvgIpc) is 3.01. The van der Waals surface area contributed by atoms with Crippen molar-refractivity contribution in [2.75, 3.05) is 39.3 Å². The number of benzene rings is 1. The summed E-state index contributed by atoms with van der Waals surface area (Å²) in [5.41, 5.74) is 1.38. The molecule has 4 heteroatoms. The Morgan fingerprint density at radius 2 is 1.79 bits per heavy atom. The van der Waals surface area contributed by atoms with Crippen LogP contribution in [-0.4, -0.2) is 66.4 Å². The third kappa shape index (κ3) is 5.28. The highest BCUT2D eigenvalue weighted by molar-refractivity contribution is 5.14. The van der Waals surface area contributed by atoms with Gasteiger partial charge in [-0.15, -0.1) is 0 Å². The van der Waals surface area contributed by atoms with Crippen LogP contribution in [0.25, 0.3) is 0 Å². The maximum atomic E-state index is 10.3. The Balaban J connectivity index is 1.33. The van der Waals surface area contributed by atoms with E-state index in [1.807, 2.05) is 0 Å². The maximum Gasteiger partial charge on any atom is 0.0900 e. The number of β-amino-alcohol motifs (C(OH)–C–C–N with tert-alkyl or cyclic N) is 1. The van der Waals surface area contributed by atoms with Gasteiger partial charge in [-0.1, -0.05) is 43.7 Å². The van der Waals surface area contributed by atoms with Crippen LogP contribution in [-0.2, 0) is 11.3 Å². The molecule has 1 heterocycles. The molecule has 3 rings (SSSR count). The fourth-order valence-electron chi connectivity index (χ4n) is 3.92. The molecule has 0 aromatic heterocycles. The molecule has 0 radical (unpaired) electrons. The zero-order chi connectivity index (χ0) is 16.8. The topological polar surface area (TPSA) is 35.9 Å². The van der Waals surface area contributed by atoms with Crippen molar-refractivity contribution in [3.05, 3.63) is 35.9 Å². The van der Waals surface area contributed by atoms with E-state index < -0.39 is 0 Å². The molecule has 1 N–H and O–H groups in total. The van der Waals surface area contributed by atoms with Crippen molar-refractivity contribution in [2.24, 2.45) is 5.92 Å². The number of rotatable bonds is 7. The first-order chi connectivity index (χ1) is 11.7. The predicted octanol–water partition coefficient (Wildman–Crippen LogP) is 2.37. The van der Waals surface area contributed by atoms with E-state index in [9.17, 15) is 5.11 Å². The van der Waals surface area contributed by atoms with Crippen molar-refractivity contribution < 1.29 is 9.84 Å². The molecule has 24 heavy (non-hydrogen) atoms. The first-order valence-corrected chi connectivity index (χ1v) is 9.49. The first kappa shape index (κ1) is 17.9. The van der Waals surface area contributed by atoms with E-state index >= 15 is 0 Å². The van der Waals surface area contributed by atoms with E-state index in [2.05, 4.69) is 47.1 Å².